The van der Waals surface area contributed by atoms with Crippen LogP contribution in [-0.4, -0.2) is 130 Å². The van der Waals surface area contributed by atoms with E-state index in [1.54, 1.807) is 35.2 Å². The van der Waals surface area contributed by atoms with Crippen molar-refractivity contribution in [2.24, 2.45) is 16.7 Å². The number of aromatic hydroxyl groups is 1. The van der Waals surface area contributed by atoms with Crippen molar-refractivity contribution in [3.05, 3.63) is 71.5 Å². The van der Waals surface area contributed by atoms with Crippen molar-refractivity contribution in [2.75, 3.05) is 46.4 Å². The highest BCUT2D eigenvalue weighted by molar-refractivity contribution is 5.97. The molecule has 4 saturated heterocycles. The fourth-order valence-electron chi connectivity index (χ4n) is 11.4. The summed E-state index contributed by atoms with van der Waals surface area (Å²) in [5, 5.41) is 20.0. The lowest BCUT2D eigenvalue weighted by Crippen LogP contribution is -2.62. The summed E-state index contributed by atoms with van der Waals surface area (Å²) >= 11 is 0. The molecule has 2 aromatic carbocycles. The van der Waals surface area contributed by atoms with Crippen molar-refractivity contribution in [3.8, 4) is 28.1 Å². The van der Waals surface area contributed by atoms with Gasteiger partial charge in [-0.3, -0.25) is 34.0 Å². The van der Waals surface area contributed by atoms with Gasteiger partial charge in [-0.1, -0.05) is 39.8 Å². The molecule has 16 nitrogen and oxygen atoms in total. The fraction of sp³-hybridized carbons (Fsp3) is 0.547. The Morgan fingerprint density at radius 1 is 1.01 bits per heavy atom. The number of carbonyl (C=O) groups is 5. The van der Waals surface area contributed by atoms with Gasteiger partial charge in [0.15, 0.2) is 0 Å². The zero-order chi connectivity index (χ0) is 48.9. The van der Waals surface area contributed by atoms with Crippen LogP contribution in [0.4, 0.5) is 0 Å². The van der Waals surface area contributed by atoms with Crippen LogP contribution in [0.3, 0.4) is 0 Å². The van der Waals surface area contributed by atoms with Gasteiger partial charge in [0.2, 0.25) is 17.7 Å². The highest BCUT2D eigenvalue weighted by atomic mass is 16.5. The van der Waals surface area contributed by atoms with Crippen LogP contribution in [0.25, 0.3) is 33.3 Å². The molecule has 5 aliphatic rings. The van der Waals surface area contributed by atoms with Crippen molar-refractivity contribution in [2.45, 2.75) is 123 Å². The van der Waals surface area contributed by atoms with E-state index in [2.05, 4.69) is 59.6 Å². The number of esters is 1. The zero-order valence-electron chi connectivity index (χ0n) is 41.1. The summed E-state index contributed by atoms with van der Waals surface area (Å²) in [6.45, 7) is 15.0. The number of cyclic esters (lactones) is 1. The Morgan fingerprint density at radius 3 is 2.55 bits per heavy atom. The first-order valence-electron chi connectivity index (χ1n) is 24.9. The molecule has 4 N–H and O–H groups in total. The number of methoxy groups -OCH3 is 1. The van der Waals surface area contributed by atoms with Crippen molar-refractivity contribution >= 4 is 40.5 Å². The van der Waals surface area contributed by atoms with Gasteiger partial charge in [-0.25, -0.2) is 5.43 Å². The quantitative estimate of drug-likeness (QED) is 0.126. The van der Waals surface area contributed by atoms with Gasteiger partial charge in [0.05, 0.1) is 35.6 Å². The second-order valence-electron chi connectivity index (χ2n) is 21.1. The number of likely N-dealkylation sites (tertiary alicyclic amines) is 2. The minimum Gasteiger partial charge on any atom is -0.508 e. The van der Waals surface area contributed by atoms with Crippen LogP contribution in [0.5, 0.6) is 5.75 Å². The average Bonchev–Trinajstić information content (AvgIpc) is 4.10. The number of hydrogen-bond acceptors (Lipinski definition) is 11. The SMILES string of the molecule is CCn1c(-c2cccnc2[C@H](C)OC)c2c3cc(ccc31)-c1cc(O)cc(c1)C[C@H](NC(=O)[C@H](C(C)C)N1CC[C@@]3(CCCN(C(=O)[C@H]4CN4)C3)C1=O)C(=O)N1CCC[C@H](N1)C(=O)OCC(C)(C)C2. The highest BCUT2D eigenvalue weighted by Crippen LogP contribution is 2.44. The van der Waals surface area contributed by atoms with Crippen molar-refractivity contribution in [1.82, 2.24) is 40.4 Å². The maximum atomic E-state index is 14.9. The molecular weight excluding hydrogens is 877 g/mol. The number of aromatic nitrogens is 2. The normalized spacial score (nSPS) is 24.9. The Morgan fingerprint density at radius 2 is 1.81 bits per heavy atom. The molecule has 2 aromatic heterocycles. The van der Waals surface area contributed by atoms with E-state index >= 15 is 0 Å². The summed E-state index contributed by atoms with van der Waals surface area (Å²) in [6.07, 6.45) is 4.89. The molecule has 6 bridgehead atoms. The molecule has 4 fully saturated rings. The number of hydrazine groups is 1. The standard InChI is InChI=1S/C53H68N8O8/c1-8-59-43-15-14-34-26-38(43)39(46(59)37-12-9-18-54-44(37)32(4)68-7)27-52(5,6)30-69-50(66)40-13-10-20-61(57-40)49(65)41(24-33-22-35(34)25-36(62)23-33)56-47(63)45(31(2)3)60-21-17-53(51(60)67)16-11-19-58(29-53)48(64)42-28-55-42/h9,12,14-15,18,22-23,25-26,31-32,40-42,45,55,57,62H,8,10-11,13,16-17,19-21,24,27-30H2,1-7H3,(H,56,63)/t32-,40-,41-,42+,45-,53+/m0/s1. The molecule has 6 atom stereocenters. The van der Waals surface area contributed by atoms with E-state index in [9.17, 15) is 29.1 Å². The first-order valence-corrected chi connectivity index (χ1v) is 24.9. The Labute approximate surface area is 404 Å². The number of pyridine rings is 1. The molecule has 0 radical (unpaired) electrons. The van der Waals surface area contributed by atoms with Crippen molar-refractivity contribution < 1.29 is 38.6 Å². The van der Waals surface area contributed by atoms with E-state index in [-0.39, 0.29) is 55.2 Å². The van der Waals surface area contributed by atoms with Gasteiger partial charge in [0.25, 0.3) is 5.91 Å². The molecule has 368 valence electrons. The highest BCUT2D eigenvalue weighted by Gasteiger charge is 2.53. The molecule has 9 rings (SSSR count). The molecule has 0 unspecified atom stereocenters. The zero-order valence-corrected chi connectivity index (χ0v) is 41.1. The van der Waals surface area contributed by atoms with Crippen LogP contribution in [0.1, 0.15) is 96.6 Å². The number of rotatable bonds is 9. The Kier molecular flexibility index (Phi) is 13.4. The number of ether oxygens (including phenoxy) is 2. The molecule has 1 spiro atoms. The van der Waals surface area contributed by atoms with Crippen LogP contribution in [0.2, 0.25) is 0 Å². The largest absolute Gasteiger partial charge is 0.508 e. The number of fused-ring (bicyclic) bond motifs is 6. The van der Waals surface area contributed by atoms with E-state index in [4.69, 9.17) is 14.5 Å². The van der Waals surface area contributed by atoms with Crippen molar-refractivity contribution in [1.29, 1.82) is 0 Å². The number of aryl methyl sites for hydroxylation is 1. The Balaban J connectivity index is 1.09. The van der Waals surface area contributed by atoms with Gasteiger partial charge in [0, 0.05) is 80.9 Å². The molecule has 4 amide bonds. The van der Waals surface area contributed by atoms with E-state index in [1.807, 2.05) is 39.0 Å². The number of phenolic OH excluding ortho intramolecular Hbond substituents is 1. The Bertz CT molecular complexity index is 2660. The fourth-order valence-corrected chi connectivity index (χ4v) is 11.4. The van der Waals surface area contributed by atoms with E-state index in [0.717, 1.165) is 44.5 Å². The molecule has 0 saturated carbocycles. The van der Waals surface area contributed by atoms with Crippen LogP contribution >= 0.6 is 0 Å². The topological polar surface area (TPSA) is 198 Å². The van der Waals surface area contributed by atoms with Gasteiger partial charge in [-0.15, -0.1) is 0 Å². The van der Waals surface area contributed by atoms with Gasteiger partial charge >= 0.3 is 5.97 Å². The predicted octanol–water partition coefficient (Wildman–Crippen LogP) is 5.29. The Hall–Kier alpha value is -5.84. The van der Waals surface area contributed by atoms with Gasteiger partial charge in [0.1, 0.15) is 23.9 Å². The van der Waals surface area contributed by atoms with Gasteiger partial charge in [-0.05, 0) is 117 Å². The van der Waals surface area contributed by atoms with Gasteiger partial charge in [-0.2, -0.15) is 0 Å². The molecule has 16 heteroatoms. The number of hydrogen-bond donors (Lipinski definition) is 4. The van der Waals surface area contributed by atoms with Crippen LogP contribution in [0.15, 0.2) is 54.7 Å². The third-order valence-corrected chi connectivity index (χ3v) is 15.1. The maximum Gasteiger partial charge on any atom is 0.324 e. The lowest BCUT2D eigenvalue weighted by molar-refractivity contribution is -0.155. The molecule has 7 heterocycles. The smallest absolute Gasteiger partial charge is 0.324 e. The third kappa shape index (κ3) is 9.47. The number of carbonyl (C=O) groups excluding carboxylic acids is 5. The second-order valence-corrected chi connectivity index (χ2v) is 21.1. The lowest BCUT2D eigenvalue weighted by Gasteiger charge is -2.40. The number of benzene rings is 2. The number of amides is 4. The number of phenols is 1. The number of nitrogens with zero attached hydrogens (tertiary/aromatic N) is 5. The summed E-state index contributed by atoms with van der Waals surface area (Å²) < 4.78 is 14.3. The predicted molar refractivity (Wildman–Crippen MR) is 260 cm³/mol. The molecule has 5 aliphatic heterocycles. The van der Waals surface area contributed by atoms with Crippen molar-refractivity contribution in [3.63, 3.8) is 0 Å². The van der Waals surface area contributed by atoms with Crippen LogP contribution < -0.4 is 16.1 Å². The number of piperidine rings is 1. The molecule has 0 aliphatic carbocycles. The van der Waals surface area contributed by atoms with Crippen LogP contribution in [0, 0.1) is 16.7 Å². The van der Waals surface area contributed by atoms with Crippen LogP contribution in [-0.2, 0) is 52.8 Å². The average molecular weight is 945 g/mol. The first kappa shape index (κ1) is 48.2. The third-order valence-electron chi connectivity index (χ3n) is 15.1. The van der Waals surface area contributed by atoms with E-state index in [1.165, 1.54) is 5.01 Å². The number of nitrogens with one attached hydrogen (secondary N) is 3. The molecule has 69 heavy (non-hydrogen) atoms. The summed E-state index contributed by atoms with van der Waals surface area (Å²) in [5.74, 6) is -1.82. The lowest BCUT2D eigenvalue weighted by atomic mass is 9.78. The van der Waals surface area contributed by atoms with Gasteiger partial charge < -0.3 is 39.6 Å². The second kappa shape index (κ2) is 19.2. The summed E-state index contributed by atoms with van der Waals surface area (Å²) in [6, 6.07) is 12.5. The maximum absolute atomic E-state index is 14.9. The summed E-state index contributed by atoms with van der Waals surface area (Å²) in [4.78, 5) is 79.6. The first-order chi connectivity index (χ1) is 33.0. The van der Waals surface area contributed by atoms with E-state index in [0.29, 0.717) is 76.8 Å². The monoisotopic (exact) mass is 945 g/mol. The van der Waals surface area contributed by atoms with E-state index < -0.39 is 46.7 Å². The molecule has 4 aromatic rings. The minimum absolute atomic E-state index is 0.000607. The summed E-state index contributed by atoms with van der Waals surface area (Å²) in [7, 11) is 1.68. The molecular formula is C53H68N8O8. The minimum atomic E-state index is -1.15. The summed E-state index contributed by atoms with van der Waals surface area (Å²) in [5.41, 5.74) is 8.87.